The highest BCUT2D eigenvalue weighted by atomic mass is 16.2. The molecule has 0 unspecified atom stereocenters. The lowest BCUT2D eigenvalue weighted by molar-refractivity contribution is -0.139. The highest BCUT2D eigenvalue weighted by Crippen LogP contribution is 1.71. The Morgan fingerprint density at radius 3 is 2.33 bits per heavy atom. The van der Waals surface area contributed by atoms with Gasteiger partial charge in [-0.1, -0.05) is 0 Å². The molecule has 0 aliphatic heterocycles. The Balaban J connectivity index is 3.51. The van der Waals surface area contributed by atoms with E-state index in [1.807, 2.05) is 19.0 Å². The largest absolute Gasteiger partial charge is 0.347 e. The topological polar surface area (TPSA) is 87.5 Å². The van der Waals surface area contributed by atoms with Gasteiger partial charge in [-0.05, 0) is 14.1 Å². The predicted octanol–water partition coefficient (Wildman–Crippen LogP) is -2.35. The summed E-state index contributed by atoms with van der Waals surface area (Å²) in [5.74, 6) is 3.20. The number of hydrogen-bond acceptors (Lipinski definition) is 4. The molecule has 0 heterocycles. The zero-order valence-corrected chi connectivity index (χ0v) is 7.26. The molecule has 0 aliphatic carbocycles. The Bertz CT molecular complexity index is 169. The first-order valence-corrected chi connectivity index (χ1v) is 3.51. The number of amides is 2. The zero-order chi connectivity index (χ0) is 9.56. The maximum absolute atomic E-state index is 10.7. The molecule has 0 fully saturated rings. The van der Waals surface area contributed by atoms with Crippen molar-refractivity contribution in [3.63, 3.8) is 0 Å². The molecule has 6 nitrogen and oxygen atoms in total. The molecule has 0 atom stereocenters. The molecule has 0 spiro atoms. The number of rotatable bonds is 3. The van der Waals surface area contributed by atoms with Gasteiger partial charge in [0.2, 0.25) is 0 Å². The minimum atomic E-state index is -0.825. The van der Waals surface area contributed by atoms with Gasteiger partial charge in [-0.25, -0.2) is 5.84 Å². The van der Waals surface area contributed by atoms with Crippen molar-refractivity contribution in [2.45, 2.75) is 0 Å². The van der Waals surface area contributed by atoms with Crippen molar-refractivity contribution in [2.75, 3.05) is 27.2 Å². The van der Waals surface area contributed by atoms with Gasteiger partial charge in [-0.2, -0.15) is 0 Å². The van der Waals surface area contributed by atoms with E-state index in [4.69, 9.17) is 5.84 Å². The fourth-order valence-electron chi connectivity index (χ4n) is 0.539. The number of hydrogen-bond donors (Lipinski definition) is 3. The standard InChI is InChI=1S/C6H14N4O2/c1-10(2)4-3-8-5(11)6(12)9-7/h3-4,7H2,1-2H3,(H,8,11)(H,9,12). The number of hydrazine groups is 1. The summed E-state index contributed by atoms with van der Waals surface area (Å²) in [6.07, 6.45) is 0. The van der Waals surface area contributed by atoms with Gasteiger partial charge in [0.25, 0.3) is 0 Å². The Morgan fingerprint density at radius 2 is 1.92 bits per heavy atom. The third kappa shape index (κ3) is 4.64. The Labute approximate surface area is 71.1 Å². The van der Waals surface area contributed by atoms with Crippen molar-refractivity contribution >= 4 is 11.8 Å². The van der Waals surface area contributed by atoms with Gasteiger partial charge in [-0.3, -0.25) is 15.0 Å². The predicted molar refractivity (Wildman–Crippen MR) is 43.9 cm³/mol. The Morgan fingerprint density at radius 1 is 1.33 bits per heavy atom. The number of nitrogens with zero attached hydrogens (tertiary/aromatic N) is 1. The second-order valence-corrected chi connectivity index (χ2v) is 2.53. The molecule has 0 bridgehead atoms. The summed E-state index contributed by atoms with van der Waals surface area (Å²) in [4.78, 5) is 23.1. The van der Waals surface area contributed by atoms with Crippen LogP contribution in [0.25, 0.3) is 0 Å². The van der Waals surface area contributed by atoms with Crippen LogP contribution in [0.1, 0.15) is 0 Å². The van der Waals surface area contributed by atoms with Gasteiger partial charge in [0.1, 0.15) is 0 Å². The van der Waals surface area contributed by atoms with E-state index >= 15 is 0 Å². The van der Waals surface area contributed by atoms with Gasteiger partial charge in [0.05, 0.1) is 0 Å². The van der Waals surface area contributed by atoms with Crippen molar-refractivity contribution in [3.05, 3.63) is 0 Å². The lowest BCUT2D eigenvalue weighted by Gasteiger charge is -2.09. The number of nitrogens with one attached hydrogen (secondary N) is 2. The number of likely N-dealkylation sites (N-methyl/N-ethyl adjacent to an activating group) is 1. The summed E-state index contributed by atoms with van der Waals surface area (Å²) in [5, 5.41) is 2.39. The molecule has 0 radical (unpaired) electrons. The van der Waals surface area contributed by atoms with Crippen molar-refractivity contribution in [3.8, 4) is 0 Å². The van der Waals surface area contributed by atoms with E-state index in [1.54, 1.807) is 5.43 Å². The molecule has 12 heavy (non-hydrogen) atoms. The number of nitrogens with two attached hydrogens (primary N) is 1. The first-order valence-electron chi connectivity index (χ1n) is 3.51. The third-order valence-corrected chi connectivity index (χ3v) is 1.18. The van der Waals surface area contributed by atoms with Crippen LogP contribution in [0.4, 0.5) is 0 Å². The molecule has 0 aliphatic rings. The van der Waals surface area contributed by atoms with Crippen LogP contribution in [-0.4, -0.2) is 43.9 Å². The van der Waals surface area contributed by atoms with E-state index < -0.39 is 11.8 Å². The molecule has 0 aromatic carbocycles. The maximum atomic E-state index is 10.7. The van der Waals surface area contributed by atoms with Crippen LogP contribution in [0.3, 0.4) is 0 Å². The van der Waals surface area contributed by atoms with Gasteiger partial charge in [0, 0.05) is 13.1 Å². The average molecular weight is 174 g/mol. The number of carbonyl (C=O) groups excluding carboxylic acids is 2. The molecule has 70 valence electrons. The SMILES string of the molecule is CN(C)CCNC(=O)C(=O)NN. The summed E-state index contributed by atoms with van der Waals surface area (Å²) < 4.78 is 0. The molecule has 0 rings (SSSR count). The molecule has 4 N–H and O–H groups in total. The first-order chi connectivity index (χ1) is 5.57. The average Bonchev–Trinajstić information content (AvgIpc) is 2.02. The van der Waals surface area contributed by atoms with Crippen LogP contribution >= 0.6 is 0 Å². The van der Waals surface area contributed by atoms with Crippen molar-refractivity contribution < 1.29 is 9.59 Å². The molecule has 2 amide bonds. The van der Waals surface area contributed by atoms with E-state index in [2.05, 4.69) is 5.32 Å². The van der Waals surface area contributed by atoms with E-state index in [0.29, 0.717) is 13.1 Å². The van der Waals surface area contributed by atoms with E-state index in [0.717, 1.165) is 0 Å². The van der Waals surface area contributed by atoms with Crippen LogP contribution in [0.2, 0.25) is 0 Å². The van der Waals surface area contributed by atoms with Gasteiger partial charge < -0.3 is 10.2 Å². The molecule has 0 aromatic rings. The second-order valence-electron chi connectivity index (χ2n) is 2.53. The normalized spacial score (nSPS) is 9.67. The van der Waals surface area contributed by atoms with Crippen LogP contribution in [-0.2, 0) is 9.59 Å². The first kappa shape index (κ1) is 10.9. The summed E-state index contributed by atoms with van der Waals surface area (Å²) >= 11 is 0. The van der Waals surface area contributed by atoms with Gasteiger partial charge in [-0.15, -0.1) is 0 Å². The minimum Gasteiger partial charge on any atom is -0.347 e. The fourth-order valence-corrected chi connectivity index (χ4v) is 0.539. The highest BCUT2D eigenvalue weighted by molar-refractivity contribution is 6.34. The van der Waals surface area contributed by atoms with E-state index in [-0.39, 0.29) is 0 Å². The van der Waals surface area contributed by atoms with Crippen LogP contribution in [0, 0.1) is 0 Å². The van der Waals surface area contributed by atoms with Crippen LogP contribution < -0.4 is 16.6 Å². The second kappa shape index (κ2) is 5.50. The molecule has 6 heteroatoms. The summed E-state index contributed by atoms with van der Waals surface area (Å²) in [7, 11) is 3.74. The quantitative estimate of drug-likeness (QED) is 0.193. The molecule has 0 aromatic heterocycles. The van der Waals surface area contributed by atoms with Crippen molar-refractivity contribution in [1.82, 2.24) is 15.6 Å². The number of carbonyl (C=O) groups is 2. The van der Waals surface area contributed by atoms with Crippen molar-refractivity contribution in [1.29, 1.82) is 0 Å². The maximum Gasteiger partial charge on any atom is 0.323 e. The van der Waals surface area contributed by atoms with Crippen LogP contribution in [0.5, 0.6) is 0 Å². The smallest absolute Gasteiger partial charge is 0.323 e. The summed E-state index contributed by atoms with van der Waals surface area (Å²) in [5.41, 5.74) is 1.74. The molecule has 0 saturated carbocycles. The minimum absolute atomic E-state index is 0.430. The third-order valence-electron chi connectivity index (χ3n) is 1.18. The zero-order valence-electron chi connectivity index (χ0n) is 7.26. The van der Waals surface area contributed by atoms with Gasteiger partial charge >= 0.3 is 11.8 Å². The summed E-state index contributed by atoms with van der Waals surface area (Å²) in [6.45, 7) is 1.11. The molecular weight excluding hydrogens is 160 g/mol. The van der Waals surface area contributed by atoms with Crippen molar-refractivity contribution in [2.24, 2.45) is 5.84 Å². The van der Waals surface area contributed by atoms with Gasteiger partial charge in [0.15, 0.2) is 0 Å². The lowest BCUT2D eigenvalue weighted by atomic mass is 10.5. The van der Waals surface area contributed by atoms with E-state index in [1.165, 1.54) is 0 Å². The highest BCUT2D eigenvalue weighted by Gasteiger charge is 2.09. The van der Waals surface area contributed by atoms with Crippen LogP contribution in [0.15, 0.2) is 0 Å². The molecule has 0 saturated heterocycles. The van der Waals surface area contributed by atoms with E-state index in [9.17, 15) is 9.59 Å². The molecular formula is C6H14N4O2. The Kier molecular flexibility index (Phi) is 4.98. The fraction of sp³-hybridized carbons (Fsp3) is 0.667. The monoisotopic (exact) mass is 174 g/mol. The Hall–Kier alpha value is -1.14. The lowest BCUT2D eigenvalue weighted by Crippen LogP contribution is -2.44. The summed E-state index contributed by atoms with van der Waals surface area (Å²) in [6, 6.07) is 0.